The van der Waals surface area contributed by atoms with Gasteiger partial charge >= 0.3 is 6.18 Å². The number of pyridine rings is 1. The number of nitrogens with zero attached hydrogens (tertiary/aromatic N) is 4. The van der Waals surface area contributed by atoms with Crippen LogP contribution in [0.5, 0.6) is 0 Å². The van der Waals surface area contributed by atoms with E-state index in [-0.39, 0.29) is 17.4 Å². The summed E-state index contributed by atoms with van der Waals surface area (Å²) in [4.78, 5) is 7.92. The van der Waals surface area contributed by atoms with Crippen LogP contribution >= 0.6 is 0 Å². The largest absolute Gasteiger partial charge is 0.433 e. The Morgan fingerprint density at radius 3 is 2.56 bits per heavy atom. The Balaban J connectivity index is 1.82. The van der Waals surface area contributed by atoms with E-state index in [0.717, 1.165) is 25.6 Å². The van der Waals surface area contributed by atoms with Crippen LogP contribution in [0.2, 0.25) is 0 Å². The number of hydrogen-bond acceptors (Lipinski definition) is 4. The molecule has 0 bridgehead atoms. The summed E-state index contributed by atoms with van der Waals surface area (Å²) in [5.74, 6) is 0.126. The van der Waals surface area contributed by atoms with Gasteiger partial charge in [0.15, 0.2) is 0 Å². The van der Waals surface area contributed by atoms with E-state index in [0.29, 0.717) is 13.1 Å². The topological polar surface area (TPSA) is 43.2 Å². The zero-order valence-electron chi connectivity index (χ0n) is 15.1. The van der Waals surface area contributed by atoms with Crippen LogP contribution in [0.4, 0.5) is 19.0 Å². The summed E-state index contributed by atoms with van der Waals surface area (Å²) in [5, 5.41) is 9.34. The zero-order valence-corrected chi connectivity index (χ0v) is 15.1. The summed E-state index contributed by atoms with van der Waals surface area (Å²) in [7, 11) is 0. The van der Waals surface area contributed by atoms with Crippen LogP contribution in [-0.4, -0.2) is 35.6 Å². The fourth-order valence-electron chi connectivity index (χ4n) is 3.46. The molecule has 0 spiro atoms. The third-order valence-electron chi connectivity index (χ3n) is 4.73. The van der Waals surface area contributed by atoms with Crippen molar-refractivity contribution < 1.29 is 13.2 Å². The smallest absolute Gasteiger partial charge is 0.351 e. The molecule has 1 aliphatic rings. The Bertz CT molecular complexity index is 814. The van der Waals surface area contributed by atoms with Gasteiger partial charge in [0.25, 0.3) is 0 Å². The number of benzene rings is 1. The number of alkyl halides is 3. The summed E-state index contributed by atoms with van der Waals surface area (Å²) in [5.41, 5.74) is 0.411. The predicted molar refractivity (Wildman–Crippen MR) is 97.1 cm³/mol. The first kappa shape index (κ1) is 19.2. The highest BCUT2D eigenvalue weighted by molar-refractivity contribution is 5.55. The molecule has 1 unspecified atom stereocenters. The van der Waals surface area contributed by atoms with Crippen molar-refractivity contribution in [2.45, 2.75) is 32.1 Å². The van der Waals surface area contributed by atoms with Gasteiger partial charge in [-0.2, -0.15) is 18.4 Å². The van der Waals surface area contributed by atoms with Crippen LogP contribution in [-0.2, 0) is 12.7 Å². The maximum atomic E-state index is 13.1. The average Bonchev–Trinajstić information content (AvgIpc) is 2.82. The van der Waals surface area contributed by atoms with Crippen LogP contribution in [0.3, 0.4) is 0 Å². The van der Waals surface area contributed by atoms with Gasteiger partial charge in [0.05, 0.1) is 5.56 Å². The maximum Gasteiger partial charge on any atom is 0.433 e. The molecule has 1 saturated heterocycles. The molecule has 3 rings (SSSR count). The molecule has 0 N–H and O–H groups in total. The third kappa shape index (κ3) is 4.58. The first-order chi connectivity index (χ1) is 12.9. The van der Waals surface area contributed by atoms with Crippen LogP contribution in [0.15, 0.2) is 42.5 Å². The van der Waals surface area contributed by atoms with E-state index >= 15 is 0 Å². The van der Waals surface area contributed by atoms with Gasteiger partial charge in [-0.1, -0.05) is 30.3 Å². The molecule has 7 heteroatoms. The van der Waals surface area contributed by atoms with E-state index < -0.39 is 11.9 Å². The predicted octanol–water partition coefficient (Wildman–Crippen LogP) is 4.07. The van der Waals surface area contributed by atoms with E-state index in [1.54, 1.807) is 0 Å². The number of anilines is 1. The molecule has 4 nitrogen and oxygen atoms in total. The normalized spacial score (nSPS) is 18.8. The SMILES string of the molecule is CC1CN(Cc2ccccc2)CCCN1c1nc(C(F)(F)F)ccc1C#N. The fourth-order valence-corrected chi connectivity index (χ4v) is 3.46. The van der Waals surface area contributed by atoms with Crippen molar-refractivity contribution in [1.82, 2.24) is 9.88 Å². The molecule has 0 radical (unpaired) electrons. The minimum atomic E-state index is -4.53. The molecule has 0 amide bonds. The second-order valence-corrected chi connectivity index (χ2v) is 6.79. The summed E-state index contributed by atoms with van der Waals surface area (Å²) in [6.45, 7) is 4.86. The number of nitriles is 1. The Morgan fingerprint density at radius 1 is 1.15 bits per heavy atom. The first-order valence-electron chi connectivity index (χ1n) is 8.90. The molecule has 27 heavy (non-hydrogen) atoms. The highest BCUT2D eigenvalue weighted by Crippen LogP contribution is 2.31. The molecule has 2 aromatic rings. The van der Waals surface area contributed by atoms with Gasteiger partial charge < -0.3 is 4.90 Å². The Labute approximate surface area is 156 Å². The zero-order chi connectivity index (χ0) is 19.4. The quantitative estimate of drug-likeness (QED) is 0.812. The van der Waals surface area contributed by atoms with Crippen LogP contribution in [0.25, 0.3) is 0 Å². The van der Waals surface area contributed by atoms with Gasteiger partial charge in [-0.15, -0.1) is 0 Å². The van der Waals surface area contributed by atoms with E-state index in [1.165, 1.54) is 11.6 Å². The Morgan fingerprint density at radius 2 is 1.89 bits per heavy atom. The van der Waals surface area contributed by atoms with Crippen molar-refractivity contribution in [2.75, 3.05) is 24.5 Å². The molecule has 0 saturated carbocycles. The summed E-state index contributed by atoms with van der Waals surface area (Å²) >= 11 is 0. The lowest BCUT2D eigenvalue weighted by Gasteiger charge is -2.31. The number of halogens is 3. The van der Waals surface area contributed by atoms with E-state index in [2.05, 4.69) is 22.0 Å². The third-order valence-corrected chi connectivity index (χ3v) is 4.73. The molecular weight excluding hydrogens is 353 g/mol. The monoisotopic (exact) mass is 374 g/mol. The highest BCUT2D eigenvalue weighted by atomic mass is 19.4. The van der Waals surface area contributed by atoms with Crippen molar-refractivity contribution in [3.8, 4) is 6.07 Å². The highest BCUT2D eigenvalue weighted by Gasteiger charge is 2.34. The van der Waals surface area contributed by atoms with E-state index in [4.69, 9.17) is 0 Å². The molecule has 1 aromatic carbocycles. The maximum absolute atomic E-state index is 13.1. The second kappa shape index (κ2) is 7.97. The summed E-state index contributed by atoms with van der Waals surface area (Å²) in [6.07, 6.45) is -3.74. The van der Waals surface area contributed by atoms with E-state index in [9.17, 15) is 18.4 Å². The Kier molecular flexibility index (Phi) is 5.66. The van der Waals surface area contributed by atoms with Crippen LogP contribution in [0.1, 0.15) is 30.2 Å². The summed E-state index contributed by atoms with van der Waals surface area (Å²) < 4.78 is 39.2. The lowest BCUT2D eigenvalue weighted by Crippen LogP contribution is -2.40. The van der Waals surface area contributed by atoms with Gasteiger partial charge in [0.2, 0.25) is 0 Å². The molecule has 1 aliphatic heterocycles. The molecule has 142 valence electrons. The van der Waals surface area contributed by atoms with Crippen LogP contribution in [0, 0.1) is 11.3 Å². The van der Waals surface area contributed by atoms with Crippen molar-refractivity contribution in [3.05, 3.63) is 59.3 Å². The minimum Gasteiger partial charge on any atom is -0.351 e. The lowest BCUT2D eigenvalue weighted by atomic mass is 10.2. The van der Waals surface area contributed by atoms with Crippen LogP contribution < -0.4 is 4.90 Å². The molecule has 1 atom stereocenters. The van der Waals surface area contributed by atoms with Crippen molar-refractivity contribution >= 4 is 5.82 Å². The number of rotatable bonds is 3. The molecule has 0 aliphatic carbocycles. The van der Waals surface area contributed by atoms with Gasteiger partial charge in [-0.25, -0.2) is 4.98 Å². The fraction of sp³-hybridized carbons (Fsp3) is 0.400. The number of hydrogen-bond donors (Lipinski definition) is 0. The van der Waals surface area contributed by atoms with Gasteiger partial charge in [0.1, 0.15) is 17.6 Å². The number of aromatic nitrogens is 1. The summed E-state index contributed by atoms with van der Waals surface area (Å²) in [6, 6.07) is 14.1. The van der Waals surface area contributed by atoms with Crippen molar-refractivity contribution in [1.29, 1.82) is 5.26 Å². The average molecular weight is 374 g/mol. The van der Waals surface area contributed by atoms with Gasteiger partial charge in [-0.05, 0) is 31.0 Å². The first-order valence-corrected chi connectivity index (χ1v) is 8.90. The molecule has 1 aromatic heterocycles. The molecule has 1 fully saturated rings. The van der Waals surface area contributed by atoms with Crippen molar-refractivity contribution in [2.24, 2.45) is 0 Å². The molecule has 2 heterocycles. The lowest BCUT2D eigenvalue weighted by molar-refractivity contribution is -0.141. The van der Waals surface area contributed by atoms with Crippen molar-refractivity contribution in [3.63, 3.8) is 0 Å². The standard InChI is InChI=1S/C20H21F3N4/c1-15-13-26(14-16-6-3-2-4-7-16)10-5-11-27(15)19-17(12-24)8-9-18(25-19)20(21,22)23/h2-4,6-9,15H,5,10-11,13-14H2,1H3. The minimum absolute atomic E-state index is 0.0562. The Hall–Kier alpha value is -2.59. The van der Waals surface area contributed by atoms with Gasteiger partial charge in [0, 0.05) is 32.2 Å². The second-order valence-electron chi connectivity index (χ2n) is 6.79. The van der Waals surface area contributed by atoms with Gasteiger partial charge in [-0.3, -0.25) is 4.90 Å². The van der Waals surface area contributed by atoms with E-state index in [1.807, 2.05) is 36.1 Å². The molecular formula is C20H21F3N4.